The van der Waals surface area contributed by atoms with Gasteiger partial charge >= 0.3 is 41.0 Å². The van der Waals surface area contributed by atoms with E-state index in [0.29, 0.717) is 0 Å². The third-order valence-electron chi connectivity index (χ3n) is 0. The van der Waals surface area contributed by atoms with E-state index in [1.54, 1.807) is 0 Å². The molecule has 0 aromatic heterocycles. The van der Waals surface area contributed by atoms with Gasteiger partial charge in [0.15, 0.2) is 0 Å². The van der Waals surface area contributed by atoms with Crippen molar-refractivity contribution in [2.45, 2.75) is 0 Å². The Morgan fingerprint density at radius 2 is 0.833 bits per heavy atom. The van der Waals surface area contributed by atoms with Crippen molar-refractivity contribution in [2.24, 2.45) is 0 Å². The molecule has 0 aromatic rings. The average Bonchev–Trinajstić information content (AvgIpc) is 1.50. The van der Waals surface area contributed by atoms with Gasteiger partial charge in [0.25, 0.3) is 0 Å². The summed E-state index contributed by atoms with van der Waals surface area (Å²) >= 11 is 0. The Kier molecular flexibility index (Phi) is 6140. The van der Waals surface area contributed by atoms with Crippen LogP contribution in [0.3, 0.4) is 0 Å². The Labute approximate surface area is 64.6 Å². The molecule has 0 heterocycles. The van der Waals surface area contributed by atoms with E-state index in [2.05, 4.69) is 0 Å². The van der Waals surface area contributed by atoms with Gasteiger partial charge in [0, 0.05) is 0 Å². The molecule has 0 bridgehead atoms. The predicted octanol–water partition coefficient (Wildman–Crippen LogP) is -0.191. The van der Waals surface area contributed by atoms with E-state index in [0.717, 1.165) is 0 Å². The van der Waals surface area contributed by atoms with E-state index in [1.807, 2.05) is 0 Å². The molecular formula is C2FeN2Sn+2. The summed E-state index contributed by atoms with van der Waals surface area (Å²) < 4.78 is 0. The predicted molar refractivity (Wildman–Crippen MR) is 15.7 cm³/mol. The van der Waals surface area contributed by atoms with Gasteiger partial charge < -0.3 is 23.7 Å². The summed E-state index contributed by atoms with van der Waals surface area (Å²) in [5, 5.41) is 12.5. The van der Waals surface area contributed by atoms with Gasteiger partial charge in [-0.3, -0.25) is 0 Å². The van der Waals surface area contributed by atoms with Gasteiger partial charge in [-0.05, 0) is 0 Å². The molecule has 0 spiro atoms. The molecule has 0 N–H and O–H groups in total. The van der Waals surface area contributed by atoms with Crippen molar-refractivity contribution < 1.29 is 17.1 Å². The smallest absolute Gasteiger partial charge is 0.512 e. The SMILES string of the molecule is [C-]#N.[C-]#N.[Fe+2].[Sn+2]. The van der Waals surface area contributed by atoms with E-state index in [-0.39, 0.29) is 41.0 Å². The first kappa shape index (κ1) is 33.5. The van der Waals surface area contributed by atoms with Crippen LogP contribution in [0.4, 0.5) is 0 Å². The molecule has 0 rings (SSSR count). The molecule has 0 fully saturated rings. The average molecular weight is 227 g/mol. The topological polar surface area (TPSA) is 47.6 Å². The second-order valence-corrected chi connectivity index (χ2v) is 0. The van der Waals surface area contributed by atoms with Crippen molar-refractivity contribution in [3.63, 3.8) is 0 Å². The van der Waals surface area contributed by atoms with Gasteiger partial charge in [0.2, 0.25) is 0 Å². The van der Waals surface area contributed by atoms with Crippen molar-refractivity contribution in [1.82, 2.24) is 0 Å². The zero-order chi connectivity index (χ0) is 4.00. The van der Waals surface area contributed by atoms with Crippen LogP contribution in [0.2, 0.25) is 0 Å². The normalized spacial score (nSPS) is 0.667. The first-order valence-corrected chi connectivity index (χ1v) is 0.447. The third kappa shape index (κ3) is 526. The minimum absolute atomic E-state index is 0. The summed E-state index contributed by atoms with van der Waals surface area (Å²) in [7, 11) is 0. The zero-order valence-electron chi connectivity index (χ0n) is 2.75. The maximum absolute atomic E-state index is 6.25. The number of rotatable bonds is 0. The van der Waals surface area contributed by atoms with Crippen LogP contribution in [0.5, 0.6) is 0 Å². The Hall–Kier alpha value is 0.298. The molecule has 0 aliphatic carbocycles. The Morgan fingerprint density at radius 3 is 0.833 bits per heavy atom. The van der Waals surface area contributed by atoms with Crippen LogP contribution in [0.25, 0.3) is 0 Å². The van der Waals surface area contributed by atoms with Gasteiger partial charge in [-0.2, -0.15) is 0 Å². The van der Waals surface area contributed by atoms with Crippen LogP contribution in [-0.4, -0.2) is 23.9 Å². The van der Waals surface area contributed by atoms with Crippen molar-refractivity contribution in [3.05, 3.63) is 13.1 Å². The second kappa shape index (κ2) is 1100. The van der Waals surface area contributed by atoms with Crippen LogP contribution >= 0.6 is 0 Å². The van der Waals surface area contributed by atoms with Gasteiger partial charge in [-0.25, -0.2) is 0 Å². The minimum atomic E-state index is 0. The first-order chi connectivity index (χ1) is 2.00. The molecule has 6 heavy (non-hydrogen) atoms. The van der Waals surface area contributed by atoms with Crippen LogP contribution < -0.4 is 0 Å². The summed E-state index contributed by atoms with van der Waals surface area (Å²) in [6.45, 7) is 9.50. The van der Waals surface area contributed by atoms with Gasteiger partial charge in [0.05, 0.1) is 0 Å². The van der Waals surface area contributed by atoms with Crippen molar-refractivity contribution in [3.8, 4) is 0 Å². The fourth-order valence-corrected chi connectivity index (χ4v) is 0. The van der Waals surface area contributed by atoms with Gasteiger partial charge in [-0.1, -0.05) is 0 Å². The number of hydrogen-bond acceptors (Lipinski definition) is 2. The molecule has 0 aliphatic heterocycles. The van der Waals surface area contributed by atoms with Crippen molar-refractivity contribution in [2.75, 3.05) is 0 Å². The molecule has 0 saturated heterocycles. The Morgan fingerprint density at radius 1 is 0.833 bits per heavy atom. The molecule has 0 aromatic carbocycles. The van der Waals surface area contributed by atoms with Gasteiger partial charge in [-0.15, -0.1) is 0 Å². The van der Waals surface area contributed by atoms with E-state index in [1.165, 1.54) is 0 Å². The molecule has 4 heteroatoms. The van der Waals surface area contributed by atoms with Crippen LogP contribution in [0.15, 0.2) is 0 Å². The standard InChI is InChI=1S/2CN.Fe.Sn/c2*1-2;;/q2*-1;2*+2. The summed E-state index contributed by atoms with van der Waals surface area (Å²) in [4.78, 5) is 0. The zero-order valence-corrected chi connectivity index (χ0v) is 6.71. The monoisotopic (exact) mass is 228 g/mol. The molecule has 28 valence electrons. The Bertz CT molecular complexity index is 27.0. The fourth-order valence-electron chi connectivity index (χ4n) is 0. The quantitative estimate of drug-likeness (QED) is 0.425. The fraction of sp³-hybridized carbons (Fsp3) is 0. The van der Waals surface area contributed by atoms with Crippen molar-refractivity contribution >= 4 is 23.9 Å². The van der Waals surface area contributed by atoms with Crippen LogP contribution in [-0.2, 0) is 17.1 Å². The maximum Gasteiger partial charge on any atom is 2.00 e. The third-order valence-corrected chi connectivity index (χ3v) is 0. The molecular weight excluding hydrogens is 227 g/mol. The minimum Gasteiger partial charge on any atom is -0.512 e. The first-order valence-electron chi connectivity index (χ1n) is 0.447. The molecule has 0 atom stereocenters. The molecule has 2 radical (unpaired) electrons. The second-order valence-electron chi connectivity index (χ2n) is 0. The molecule has 0 amide bonds. The molecule has 0 saturated carbocycles. The molecule has 0 aliphatic rings. The van der Waals surface area contributed by atoms with E-state index in [9.17, 15) is 0 Å². The largest absolute Gasteiger partial charge is 2.00 e. The Balaban J connectivity index is -0.00000000500. The summed E-state index contributed by atoms with van der Waals surface area (Å²) in [5.41, 5.74) is 0. The molecule has 0 unspecified atom stereocenters. The number of nitrogens with zero attached hydrogens (tertiary/aromatic N) is 2. The number of hydrogen-bond donors (Lipinski definition) is 0. The van der Waals surface area contributed by atoms with Crippen LogP contribution in [0, 0.1) is 23.7 Å². The van der Waals surface area contributed by atoms with Crippen molar-refractivity contribution in [1.29, 1.82) is 10.5 Å². The summed E-state index contributed by atoms with van der Waals surface area (Å²) in [6.07, 6.45) is 0. The van der Waals surface area contributed by atoms with E-state index >= 15 is 0 Å². The maximum atomic E-state index is 6.25. The van der Waals surface area contributed by atoms with Gasteiger partial charge in [0.1, 0.15) is 0 Å². The van der Waals surface area contributed by atoms with Crippen LogP contribution in [0.1, 0.15) is 0 Å². The van der Waals surface area contributed by atoms with E-state index in [4.69, 9.17) is 23.7 Å². The molecule has 2 nitrogen and oxygen atoms in total. The summed E-state index contributed by atoms with van der Waals surface area (Å²) in [5.74, 6) is 0. The summed E-state index contributed by atoms with van der Waals surface area (Å²) in [6, 6.07) is 0. The van der Waals surface area contributed by atoms with E-state index < -0.39 is 0 Å².